The number of Topliss-reactive ketones (excluding diaryl/α,β-unsaturated/α-hetero) is 2. The second-order valence-electron chi connectivity index (χ2n) is 9.61. The van der Waals surface area contributed by atoms with E-state index in [2.05, 4.69) is 0 Å². The molecule has 6 heteroatoms. The van der Waals surface area contributed by atoms with Crippen LogP contribution >= 0.6 is 11.6 Å². The van der Waals surface area contributed by atoms with E-state index in [0.29, 0.717) is 44.1 Å². The number of carbonyl (C=O) groups excluding carboxylic acids is 2. The fourth-order valence-corrected chi connectivity index (χ4v) is 5.45. The van der Waals surface area contributed by atoms with E-state index in [9.17, 15) is 9.59 Å². The first-order valence-corrected chi connectivity index (χ1v) is 12.1. The zero-order chi connectivity index (χ0) is 23.0. The van der Waals surface area contributed by atoms with Crippen LogP contribution < -0.4 is 0 Å². The molecule has 2 aromatic carbocycles. The fraction of sp³-hybridized carbons (Fsp3) is 0.481. The number of carbonyl (C=O) groups is 2. The predicted molar refractivity (Wildman–Crippen MR) is 125 cm³/mol. The molecule has 1 atom stereocenters. The van der Waals surface area contributed by atoms with Gasteiger partial charge in [-0.05, 0) is 53.3 Å². The maximum Gasteiger partial charge on any atom is 0.158 e. The van der Waals surface area contributed by atoms with Crippen LogP contribution in [0.3, 0.4) is 0 Å². The summed E-state index contributed by atoms with van der Waals surface area (Å²) in [5.41, 5.74) is 3.50. The molecule has 2 aromatic rings. The van der Waals surface area contributed by atoms with Gasteiger partial charge in [0.05, 0.1) is 12.2 Å². The van der Waals surface area contributed by atoms with E-state index >= 15 is 0 Å². The van der Waals surface area contributed by atoms with Crippen molar-refractivity contribution in [2.45, 2.75) is 56.8 Å². The van der Waals surface area contributed by atoms with Crippen LogP contribution in [-0.2, 0) is 23.8 Å². The Morgan fingerprint density at radius 1 is 0.970 bits per heavy atom. The summed E-state index contributed by atoms with van der Waals surface area (Å²) in [5, 5.41) is 0.674. The molecule has 2 heterocycles. The van der Waals surface area contributed by atoms with Gasteiger partial charge in [-0.3, -0.25) is 9.59 Å². The van der Waals surface area contributed by atoms with Crippen LogP contribution in [0.2, 0.25) is 5.02 Å². The molecule has 0 N–H and O–H groups in total. The minimum Gasteiger partial charge on any atom is -0.381 e. The van der Waals surface area contributed by atoms with E-state index < -0.39 is 5.92 Å². The van der Waals surface area contributed by atoms with Gasteiger partial charge in [-0.25, -0.2) is 0 Å². The lowest BCUT2D eigenvalue weighted by Gasteiger charge is -2.32. The van der Waals surface area contributed by atoms with Gasteiger partial charge in [-0.15, -0.1) is 0 Å². The zero-order valence-corrected chi connectivity index (χ0v) is 19.6. The third kappa shape index (κ3) is 4.78. The Labute approximate surface area is 199 Å². The maximum absolute atomic E-state index is 13.2. The molecule has 174 valence electrons. The SMILES string of the molecule is Cc1ccc(-c2ccc(Cl)cc2)cc1C1C(=O)CC(CC2OCC3(CCOCC3)O2)CC1=O. The van der Waals surface area contributed by atoms with Crippen molar-refractivity contribution in [1.82, 2.24) is 0 Å². The van der Waals surface area contributed by atoms with Crippen molar-refractivity contribution in [1.29, 1.82) is 0 Å². The van der Waals surface area contributed by atoms with E-state index in [-0.39, 0.29) is 29.4 Å². The molecular weight excluding hydrogens is 440 g/mol. The zero-order valence-electron chi connectivity index (χ0n) is 18.8. The highest BCUT2D eigenvalue weighted by Gasteiger charge is 2.45. The molecule has 0 bridgehead atoms. The maximum atomic E-state index is 13.2. The molecule has 2 aliphatic heterocycles. The highest BCUT2D eigenvalue weighted by atomic mass is 35.5. The van der Waals surface area contributed by atoms with Crippen molar-refractivity contribution in [3.8, 4) is 11.1 Å². The molecule has 5 nitrogen and oxygen atoms in total. The molecule has 1 aliphatic carbocycles. The van der Waals surface area contributed by atoms with Crippen molar-refractivity contribution < 1.29 is 23.8 Å². The highest BCUT2D eigenvalue weighted by Crippen LogP contribution is 2.39. The smallest absolute Gasteiger partial charge is 0.158 e. The minimum atomic E-state index is -0.694. The fourth-order valence-electron chi connectivity index (χ4n) is 5.33. The number of rotatable bonds is 4. The van der Waals surface area contributed by atoms with Crippen molar-refractivity contribution in [3.63, 3.8) is 0 Å². The topological polar surface area (TPSA) is 61.8 Å². The molecule has 33 heavy (non-hydrogen) atoms. The molecule has 1 saturated carbocycles. The number of ether oxygens (including phenoxy) is 3. The standard InChI is InChI=1S/C27H29ClO5/c1-17-2-3-20(19-4-6-21(28)7-5-19)15-22(17)26-23(29)12-18(13-24(26)30)14-25-32-16-27(33-25)8-10-31-11-9-27/h2-7,15,18,25-26H,8-14,16H2,1H3. The molecule has 0 amide bonds. The van der Waals surface area contributed by atoms with E-state index in [4.69, 9.17) is 25.8 Å². The Hall–Kier alpha value is -2.05. The molecule has 5 rings (SSSR count). The quantitative estimate of drug-likeness (QED) is 0.573. The van der Waals surface area contributed by atoms with Crippen LogP contribution in [-0.4, -0.2) is 43.3 Å². The Morgan fingerprint density at radius 3 is 2.33 bits per heavy atom. The minimum absolute atomic E-state index is 0.00798. The average Bonchev–Trinajstić information content (AvgIpc) is 3.17. The van der Waals surface area contributed by atoms with Gasteiger partial charge in [-0.1, -0.05) is 35.9 Å². The second kappa shape index (κ2) is 9.30. The monoisotopic (exact) mass is 468 g/mol. The summed E-state index contributed by atoms with van der Waals surface area (Å²) < 4.78 is 17.6. The Bertz CT molecular complexity index is 1020. The summed E-state index contributed by atoms with van der Waals surface area (Å²) in [6.45, 7) is 3.90. The molecule has 1 unspecified atom stereocenters. The van der Waals surface area contributed by atoms with Gasteiger partial charge in [0.1, 0.15) is 17.5 Å². The summed E-state index contributed by atoms with van der Waals surface area (Å²) in [4.78, 5) is 26.4. The summed E-state index contributed by atoms with van der Waals surface area (Å²) in [5.74, 6) is -0.750. The summed E-state index contributed by atoms with van der Waals surface area (Å²) in [6, 6.07) is 13.6. The van der Waals surface area contributed by atoms with Crippen LogP contribution in [0.15, 0.2) is 42.5 Å². The molecule has 3 aliphatic rings. The molecule has 2 saturated heterocycles. The normalized spacial score (nSPS) is 27.3. The Kier molecular flexibility index (Phi) is 6.41. The Balaban J connectivity index is 1.28. The molecule has 1 spiro atoms. The first-order chi connectivity index (χ1) is 15.9. The molecular formula is C27H29ClO5. The third-order valence-corrected chi connectivity index (χ3v) is 7.49. The van der Waals surface area contributed by atoms with Gasteiger partial charge < -0.3 is 14.2 Å². The van der Waals surface area contributed by atoms with Gasteiger partial charge in [0.15, 0.2) is 6.29 Å². The van der Waals surface area contributed by atoms with Gasteiger partial charge >= 0.3 is 0 Å². The van der Waals surface area contributed by atoms with Gasteiger partial charge in [0.25, 0.3) is 0 Å². The lowest BCUT2D eigenvalue weighted by Crippen LogP contribution is -2.39. The van der Waals surface area contributed by atoms with E-state index in [0.717, 1.165) is 35.1 Å². The second-order valence-corrected chi connectivity index (χ2v) is 10.0. The summed E-state index contributed by atoms with van der Waals surface area (Å²) in [6.07, 6.45) is 2.65. The number of halogens is 1. The van der Waals surface area contributed by atoms with E-state index in [1.54, 1.807) is 0 Å². The van der Waals surface area contributed by atoms with E-state index in [1.807, 2.05) is 49.4 Å². The molecule has 3 fully saturated rings. The number of hydrogen-bond donors (Lipinski definition) is 0. The van der Waals surface area contributed by atoms with Crippen LogP contribution in [0.25, 0.3) is 11.1 Å². The average molecular weight is 469 g/mol. The molecule has 0 aromatic heterocycles. The summed E-state index contributed by atoms with van der Waals surface area (Å²) in [7, 11) is 0. The van der Waals surface area contributed by atoms with Crippen LogP contribution in [0.4, 0.5) is 0 Å². The van der Waals surface area contributed by atoms with Gasteiger partial charge in [-0.2, -0.15) is 0 Å². The third-order valence-electron chi connectivity index (χ3n) is 7.24. The number of benzene rings is 2. The highest BCUT2D eigenvalue weighted by molar-refractivity contribution is 6.30. The van der Waals surface area contributed by atoms with Crippen LogP contribution in [0.5, 0.6) is 0 Å². The predicted octanol–water partition coefficient (Wildman–Crippen LogP) is 5.26. The largest absolute Gasteiger partial charge is 0.381 e. The van der Waals surface area contributed by atoms with Crippen molar-refractivity contribution in [2.24, 2.45) is 5.92 Å². The van der Waals surface area contributed by atoms with Gasteiger partial charge in [0.2, 0.25) is 0 Å². The summed E-state index contributed by atoms with van der Waals surface area (Å²) >= 11 is 6.02. The number of hydrogen-bond acceptors (Lipinski definition) is 5. The van der Waals surface area contributed by atoms with Crippen LogP contribution in [0.1, 0.15) is 49.1 Å². The first-order valence-electron chi connectivity index (χ1n) is 11.7. The van der Waals surface area contributed by atoms with Crippen molar-refractivity contribution in [3.05, 3.63) is 58.6 Å². The lowest BCUT2D eigenvalue weighted by atomic mass is 9.74. The lowest BCUT2D eigenvalue weighted by molar-refractivity contribution is -0.140. The van der Waals surface area contributed by atoms with Crippen LogP contribution in [0, 0.1) is 12.8 Å². The van der Waals surface area contributed by atoms with Crippen molar-refractivity contribution in [2.75, 3.05) is 19.8 Å². The first kappa shape index (κ1) is 22.7. The van der Waals surface area contributed by atoms with E-state index in [1.165, 1.54) is 0 Å². The number of aryl methyl sites for hydroxylation is 1. The van der Waals surface area contributed by atoms with Gasteiger partial charge in [0, 0.05) is 50.3 Å². The molecule has 0 radical (unpaired) electrons. The van der Waals surface area contributed by atoms with Crippen molar-refractivity contribution >= 4 is 23.2 Å². The Morgan fingerprint density at radius 2 is 1.64 bits per heavy atom. The number of ketones is 2.